The lowest BCUT2D eigenvalue weighted by Gasteiger charge is -2.51. The number of hydrogen-bond donors (Lipinski definition) is 1. The minimum Gasteiger partial charge on any atom is -0.493 e. The van der Waals surface area contributed by atoms with Crippen molar-refractivity contribution in [3.8, 4) is 11.5 Å². The zero-order valence-electron chi connectivity index (χ0n) is 13.0. The van der Waals surface area contributed by atoms with Crippen molar-refractivity contribution in [2.45, 2.75) is 38.3 Å². The highest BCUT2D eigenvalue weighted by Crippen LogP contribution is 2.49. The number of hydrogen-bond acceptors (Lipinski definition) is 4. The summed E-state index contributed by atoms with van der Waals surface area (Å²) in [5, 5.41) is 9.99. The van der Waals surface area contributed by atoms with Gasteiger partial charge < -0.3 is 14.6 Å². The van der Waals surface area contributed by atoms with Crippen LogP contribution in [0.5, 0.6) is 11.5 Å². The van der Waals surface area contributed by atoms with Gasteiger partial charge in [-0.05, 0) is 50.3 Å². The van der Waals surface area contributed by atoms with Gasteiger partial charge in [-0.2, -0.15) is 0 Å². The Morgan fingerprint density at radius 2 is 1.95 bits per heavy atom. The fourth-order valence-electron chi connectivity index (χ4n) is 3.74. The predicted molar refractivity (Wildman–Crippen MR) is 81.7 cm³/mol. The topological polar surface area (TPSA) is 41.9 Å². The molecule has 1 aromatic rings. The van der Waals surface area contributed by atoms with Crippen molar-refractivity contribution >= 4 is 0 Å². The maximum Gasteiger partial charge on any atom is 0.165 e. The van der Waals surface area contributed by atoms with Crippen LogP contribution in [0.3, 0.4) is 0 Å². The largest absolute Gasteiger partial charge is 0.493 e. The normalized spacial score (nSPS) is 24.6. The van der Waals surface area contributed by atoms with Crippen LogP contribution in [0.25, 0.3) is 0 Å². The fourth-order valence-corrected chi connectivity index (χ4v) is 3.74. The van der Waals surface area contributed by atoms with Gasteiger partial charge in [-0.25, -0.2) is 0 Å². The van der Waals surface area contributed by atoms with E-state index in [1.165, 1.54) is 12.0 Å². The molecule has 1 saturated heterocycles. The molecule has 1 heterocycles. The summed E-state index contributed by atoms with van der Waals surface area (Å²) < 4.78 is 10.9. The molecule has 2 fully saturated rings. The first kappa shape index (κ1) is 14.7. The number of rotatable bonds is 4. The summed E-state index contributed by atoms with van der Waals surface area (Å²) in [6.45, 7) is 2.99. The molecule has 0 radical (unpaired) electrons. The minimum absolute atomic E-state index is 0.0639. The Morgan fingerprint density at radius 3 is 2.48 bits per heavy atom. The number of likely N-dealkylation sites (tertiary alicyclic amines) is 1. The van der Waals surface area contributed by atoms with E-state index in [2.05, 4.69) is 11.0 Å². The van der Waals surface area contributed by atoms with E-state index in [9.17, 15) is 5.11 Å². The molecule has 3 rings (SSSR count). The molecule has 1 aromatic carbocycles. The summed E-state index contributed by atoms with van der Waals surface area (Å²) in [7, 11) is 3.36. The van der Waals surface area contributed by atoms with Crippen LogP contribution in [-0.2, 0) is 6.54 Å². The predicted octanol–water partition coefficient (Wildman–Crippen LogP) is 2.44. The maximum atomic E-state index is 9.99. The van der Waals surface area contributed by atoms with Gasteiger partial charge in [-0.15, -0.1) is 0 Å². The lowest BCUT2D eigenvalue weighted by Crippen LogP contribution is -2.51. The number of methoxy groups -OCH3 is 2. The molecule has 1 N–H and O–H groups in total. The third kappa shape index (κ3) is 2.62. The number of aliphatic hydroxyl groups is 1. The first-order chi connectivity index (χ1) is 10.2. The van der Waals surface area contributed by atoms with Crippen molar-refractivity contribution in [3.05, 3.63) is 23.8 Å². The molecule has 0 aromatic heterocycles. The van der Waals surface area contributed by atoms with Gasteiger partial charge in [0.2, 0.25) is 0 Å². The molecule has 1 unspecified atom stereocenters. The number of benzene rings is 1. The standard InChI is InChI=1S/C17H25NO3/c1-20-14-5-3-4-13(16(14)21-2)12-18-10-8-17(9-11-18)7-6-15(17)19/h3-5,15,19H,6-12H2,1-2H3. The van der Waals surface area contributed by atoms with Crippen LogP contribution in [0.15, 0.2) is 18.2 Å². The average molecular weight is 291 g/mol. The molecule has 1 aliphatic heterocycles. The van der Waals surface area contributed by atoms with Gasteiger partial charge in [0.15, 0.2) is 11.5 Å². The van der Waals surface area contributed by atoms with Gasteiger partial charge in [0, 0.05) is 12.1 Å². The first-order valence-electron chi connectivity index (χ1n) is 7.79. The van der Waals surface area contributed by atoms with Gasteiger partial charge in [-0.3, -0.25) is 4.90 Å². The van der Waals surface area contributed by atoms with Gasteiger partial charge >= 0.3 is 0 Å². The molecule has 2 aliphatic rings. The van der Waals surface area contributed by atoms with Crippen LogP contribution in [0.1, 0.15) is 31.2 Å². The minimum atomic E-state index is -0.0639. The number of ether oxygens (including phenoxy) is 2. The van der Waals surface area contributed by atoms with E-state index < -0.39 is 0 Å². The second-order valence-corrected chi connectivity index (χ2v) is 6.35. The average Bonchev–Trinajstić information content (AvgIpc) is 2.53. The molecule has 0 bridgehead atoms. The molecule has 4 heteroatoms. The lowest BCUT2D eigenvalue weighted by molar-refractivity contribution is -0.100. The highest BCUT2D eigenvalue weighted by atomic mass is 16.5. The smallest absolute Gasteiger partial charge is 0.165 e. The van der Waals surface area contributed by atoms with Crippen LogP contribution in [0, 0.1) is 5.41 Å². The van der Waals surface area contributed by atoms with E-state index in [0.29, 0.717) is 0 Å². The van der Waals surface area contributed by atoms with E-state index in [-0.39, 0.29) is 11.5 Å². The van der Waals surface area contributed by atoms with E-state index in [1.54, 1.807) is 14.2 Å². The van der Waals surface area contributed by atoms with Crippen LogP contribution in [-0.4, -0.2) is 43.4 Å². The molecular formula is C17H25NO3. The Balaban J connectivity index is 1.65. The van der Waals surface area contributed by atoms with E-state index in [1.807, 2.05) is 12.1 Å². The summed E-state index contributed by atoms with van der Waals surface area (Å²) in [6.07, 6.45) is 4.35. The summed E-state index contributed by atoms with van der Waals surface area (Å²) in [5.41, 5.74) is 1.40. The Labute approximate surface area is 126 Å². The zero-order chi connectivity index (χ0) is 14.9. The van der Waals surface area contributed by atoms with Crippen molar-refractivity contribution in [3.63, 3.8) is 0 Å². The van der Waals surface area contributed by atoms with Crippen molar-refractivity contribution < 1.29 is 14.6 Å². The highest BCUT2D eigenvalue weighted by Gasteiger charge is 2.47. The van der Waals surface area contributed by atoms with Crippen molar-refractivity contribution in [2.75, 3.05) is 27.3 Å². The Morgan fingerprint density at radius 1 is 1.19 bits per heavy atom. The van der Waals surface area contributed by atoms with Crippen molar-refractivity contribution in [1.29, 1.82) is 0 Å². The molecule has 0 amide bonds. The lowest BCUT2D eigenvalue weighted by atomic mass is 9.61. The molecule has 116 valence electrons. The molecule has 1 atom stereocenters. The van der Waals surface area contributed by atoms with Crippen LogP contribution >= 0.6 is 0 Å². The van der Waals surface area contributed by atoms with E-state index in [0.717, 1.165) is 50.4 Å². The number of aliphatic hydroxyl groups excluding tert-OH is 1. The Bertz CT molecular complexity index is 495. The monoisotopic (exact) mass is 291 g/mol. The van der Waals surface area contributed by atoms with Gasteiger partial charge in [0.05, 0.1) is 20.3 Å². The summed E-state index contributed by atoms with van der Waals surface area (Å²) in [6, 6.07) is 6.04. The van der Waals surface area contributed by atoms with Gasteiger partial charge in [0.1, 0.15) is 0 Å². The molecule has 4 nitrogen and oxygen atoms in total. The summed E-state index contributed by atoms with van der Waals surface area (Å²) in [4.78, 5) is 2.45. The molecule has 21 heavy (non-hydrogen) atoms. The van der Waals surface area contributed by atoms with Crippen LogP contribution < -0.4 is 9.47 Å². The Hall–Kier alpha value is -1.26. The summed E-state index contributed by atoms with van der Waals surface area (Å²) >= 11 is 0. The molecule has 1 aliphatic carbocycles. The molecule has 1 saturated carbocycles. The first-order valence-corrected chi connectivity index (χ1v) is 7.79. The van der Waals surface area contributed by atoms with Crippen molar-refractivity contribution in [1.82, 2.24) is 4.90 Å². The quantitative estimate of drug-likeness (QED) is 0.925. The third-order valence-corrected chi connectivity index (χ3v) is 5.35. The number of nitrogens with zero attached hydrogens (tertiary/aromatic N) is 1. The molecule has 1 spiro atoms. The van der Waals surface area contributed by atoms with E-state index >= 15 is 0 Å². The Kier molecular flexibility index (Phi) is 4.09. The third-order valence-electron chi connectivity index (χ3n) is 5.35. The highest BCUT2D eigenvalue weighted by molar-refractivity contribution is 5.46. The van der Waals surface area contributed by atoms with Crippen LogP contribution in [0.2, 0.25) is 0 Å². The van der Waals surface area contributed by atoms with Gasteiger partial charge in [0.25, 0.3) is 0 Å². The fraction of sp³-hybridized carbons (Fsp3) is 0.647. The van der Waals surface area contributed by atoms with Crippen molar-refractivity contribution in [2.24, 2.45) is 5.41 Å². The number of piperidine rings is 1. The maximum absolute atomic E-state index is 9.99. The van der Waals surface area contributed by atoms with E-state index in [4.69, 9.17) is 9.47 Å². The summed E-state index contributed by atoms with van der Waals surface area (Å²) in [5.74, 6) is 1.63. The molecular weight excluding hydrogens is 266 g/mol. The number of para-hydroxylation sites is 1. The second-order valence-electron chi connectivity index (χ2n) is 6.35. The SMILES string of the molecule is COc1cccc(CN2CCC3(CCC3O)CC2)c1OC. The van der Waals surface area contributed by atoms with Gasteiger partial charge in [-0.1, -0.05) is 12.1 Å². The zero-order valence-corrected chi connectivity index (χ0v) is 13.0. The van der Waals surface area contributed by atoms with Crippen LogP contribution in [0.4, 0.5) is 0 Å². The second kappa shape index (κ2) is 5.85.